The van der Waals surface area contributed by atoms with Crippen LogP contribution < -0.4 is 5.32 Å². The van der Waals surface area contributed by atoms with E-state index in [1.807, 2.05) is 6.92 Å². The van der Waals surface area contributed by atoms with Gasteiger partial charge in [0.2, 0.25) is 0 Å². The standard InChI is InChI=1S/C12H16FNO2/c1-2-9(15)7-8-14-12(16)10-5-3-4-6-11(10)13/h3-6,9,15H,2,7-8H2,1H3,(H,14,16). The Morgan fingerprint density at radius 1 is 1.50 bits per heavy atom. The van der Waals surface area contributed by atoms with E-state index in [9.17, 15) is 14.3 Å². The number of hydrogen-bond donors (Lipinski definition) is 2. The molecule has 0 spiro atoms. The molecule has 16 heavy (non-hydrogen) atoms. The van der Waals surface area contributed by atoms with E-state index < -0.39 is 17.8 Å². The van der Waals surface area contributed by atoms with Crippen LogP contribution in [0, 0.1) is 5.82 Å². The smallest absolute Gasteiger partial charge is 0.254 e. The second kappa shape index (κ2) is 6.23. The Labute approximate surface area is 94.3 Å². The Morgan fingerprint density at radius 2 is 2.19 bits per heavy atom. The van der Waals surface area contributed by atoms with Crippen LogP contribution in [0.25, 0.3) is 0 Å². The van der Waals surface area contributed by atoms with Gasteiger partial charge in [-0.15, -0.1) is 0 Å². The lowest BCUT2D eigenvalue weighted by Crippen LogP contribution is -2.27. The SMILES string of the molecule is CCC(O)CCNC(=O)c1ccccc1F. The monoisotopic (exact) mass is 225 g/mol. The summed E-state index contributed by atoms with van der Waals surface area (Å²) in [6.07, 6.45) is 0.715. The highest BCUT2D eigenvalue weighted by atomic mass is 19.1. The van der Waals surface area contributed by atoms with Crippen molar-refractivity contribution in [3.8, 4) is 0 Å². The number of amides is 1. The van der Waals surface area contributed by atoms with Crippen molar-refractivity contribution in [2.45, 2.75) is 25.9 Å². The molecular formula is C12H16FNO2. The summed E-state index contributed by atoms with van der Waals surface area (Å²) in [4.78, 5) is 11.5. The van der Waals surface area contributed by atoms with Crippen LogP contribution in [0.5, 0.6) is 0 Å². The van der Waals surface area contributed by atoms with Crippen molar-refractivity contribution in [1.29, 1.82) is 0 Å². The van der Waals surface area contributed by atoms with E-state index in [-0.39, 0.29) is 5.56 Å². The van der Waals surface area contributed by atoms with Crippen molar-refractivity contribution in [2.75, 3.05) is 6.54 Å². The second-order valence-electron chi connectivity index (χ2n) is 3.59. The van der Waals surface area contributed by atoms with Crippen molar-refractivity contribution >= 4 is 5.91 Å². The highest BCUT2D eigenvalue weighted by Gasteiger charge is 2.10. The average Bonchev–Trinajstić information content (AvgIpc) is 2.29. The minimum Gasteiger partial charge on any atom is -0.393 e. The lowest BCUT2D eigenvalue weighted by Gasteiger charge is -2.09. The average molecular weight is 225 g/mol. The number of carbonyl (C=O) groups is 1. The van der Waals surface area contributed by atoms with Crippen molar-refractivity contribution in [2.24, 2.45) is 0 Å². The molecule has 0 radical (unpaired) electrons. The Kier molecular flexibility index (Phi) is 4.92. The van der Waals surface area contributed by atoms with Crippen molar-refractivity contribution in [1.82, 2.24) is 5.32 Å². The third kappa shape index (κ3) is 3.62. The molecule has 1 atom stereocenters. The number of carbonyl (C=O) groups excluding carboxylic acids is 1. The fraction of sp³-hybridized carbons (Fsp3) is 0.417. The van der Waals surface area contributed by atoms with E-state index >= 15 is 0 Å². The van der Waals surface area contributed by atoms with Crippen LogP contribution in [-0.4, -0.2) is 23.7 Å². The van der Waals surface area contributed by atoms with Crippen LogP contribution in [0.15, 0.2) is 24.3 Å². The molecule has 3 nitrogen and oxygen atoms in total. The van der Waals surface area contributed by atoms with E-state index in [2.05, 4.69) is 5.32 Å². The third-order valence-corrected chi connectivity index (χ3v) is 2.35. The normalized spacial score (nSPS) is 12.2. The van der Waals surface area contributed by atoms with E-state index in [0.29, 0.717) is 19.4 Å². The number of halogens is 1. The van der Waals surface area contributed by atoms with Gasteiger partial charge in [0.1, 0.15) is 5.82 Å². The number of aliphatic hydroxyl groups excluding tert-OH is 1. The fourth-order valence-electron chi connectivity index (χ4n) is 1.30. The summed E-state index contributed by atoms with van der Waals surface area (Å²) in [5, 5.41) is 11.8. The van der Waals surface area contributed by atoms with Gasteiger partial charge in [0.25, 0.3) is 5.91 Å². The molecule has 0 saturated heterocycles. The molecule has 0 saturated carbocycles. The minimum atomic E-state index is -0.531. The summed E-state index contributed by atoms with van der Waals surface area (Å²) in [7, 11) is 0. The van der Waals surface area contributed by atoms with Gasteiger partial charge >= 0.3 is 0 Å². The molecule has 1 amide bonds. The highest BCUT2D eigenvalue weighted by Crippen LogP contribution is 2.05. The molecule has 0 aliphatic rings. The number of nitrogens with one attached hydrogen (secondary N) is 1. The van der Waals surface area contributed by atoms with Crippen molar-refractivity contribution in [3.05, 3.63) is 35.6 Å². The molecule has 0 fully saturated rings. The third-order valence-electron chi connectivity index (χ3n) is 2.35. The van der Waals surface area contributed by atoms with E-state index in [0.717, 1.165) is 0 Å². The maximum Gasteiger partial charge on any atom is 0.254 e. The molecule has 1 rings (SSSR count). The molecule has 1 unspecified atom stereocenters. The first kappa shape index (κ1) is 12.6. The molecular weight excluding hydrogens is 209 g/mol. The zero-order valence-corrected chi connectivity index (χ0v) is 9.24. The quantitative estimate of drug-likeness (QED) is 0.801. The van der Waals surface area contributed by atoms with Crippen LogP contribution in [0.1, 0.15) is 30.1 Å². The van der Waals surface area contributed by atoms with Crippen LogP contribution in [0.2, 0.25) is 0 Å². The van der Waals surface area contributed by atoms with Crippen LogP contribution in [0.3, 0.4) is 0 Å². The molecule has 0 aliphatic heterocycles. The highest BCUT2D eigenvalue weighted by molar-refractivity contribution is 5.94. The first-order valence-electron chi connectivity index (χ1n) is 5.36. The summed E-state index contributed by atoms with van der Waals surface area (Å²) in [5.41, 5.74) is 0.0356. The Morgan fingerprint density at radius 3 is 2.81 bits per heavy atom. The zero-order valence-electron chi connectivity index (χ0n) is 9.24. The largest absolute Gasteiger partial charge is 0.393 e. The van der Waals surface area contributed by atoms with Gasteiger partial charge in [0.05, 0.1) is 11.7 Å². The van der Waals surface area contributed by atoms with Gasteiger partial charge in [-0.25, -0.2) is 4.39 Å². The number of aliphatic hydroxyl groups is 1. The fourth-order valence-corrected chi connectivity index (χ4v) is 1.30. The molecule has 0 aliphatic carbocycles. The Hall–Kier alpha value is -1.42. The van der Waals surface area contributed by atoms with E-state index in [1.165, 1.54) is 18.2 Å². The Bertz CT molecular complexity index is 355. The molecule has 1 aromatic rings. The minimum absolute atomic E-state index is 0.0356. The van der Waals surface area contributed by atoms with Crippen LogP contribution in [0.4, 0.5) is 4.39 Å². The maximum absolute atomic E-state index is 13.2. The van der Waals surface area contributed by atoms with Gasteiger partial charge in [0.15, 0.2) is 0 Å². The summed E-state index contributed by atoms with van der Waals surface area (Å²) in [6, 6.07) is 5.82. The molecule has 0 aromatic heterocycles. The summed E-state index contributed by atoms with van der Waals surface area (Å²) >= 11 is 0. The molecule has 0 bridgehead atoms. The molecule has 4 heteroatoms. The van der Waals surface area contributed by atoms with Gasteiger partial charge in [-0.3, -0.25) is 4.79 Å². The Balaban J connectivity index is 2.44. The predicted molar refractivity (Wildman–Crippen MR) is 59.6 cm³/mol. The number of benzene rings is 1. The van der Waals surface area contributed by atoms with Gasteiger partial charge in [0, 0.05) is 6.54 Å². The summed E-state index contributed by atoms with van der Waals surface area (Å²) in [5.74, 6) is -0.975. The lowest BCUT2D eigenvalue weighted by molar-refractivity contribution is 0.0938. The molecule has 0 heterocycles. The van der Waals surface area contributed by atoms with Crippen molar-refractivity contribution < 1.29 is 14.3 Å². The maximum atomic E-state index is 13.2. The molecule has 2 N–H and O–H groups in total. The van der Waals surface area contributed by atoms with Crippen molar-refractivity contribution in [3.63, 3.8) is 0 Å². The van der Waals surface area contributed by atoms with Gasteiger partial charge in [-0.05, 0) is 25.0 Å². The molecule has 1 aromatic carbocycles. The van der Waals surface area contributed by atoms with E-state index in [1.54, 1.807) is 6.07 Å². The zero-order chi connectivity index (χ0) is 12.0. The second-order valence-corrected chi connectivity index (χ2v) is 3.59. The van der Waals surface area contributed by atoms with Gasteiger partial charge in [-0.2, -0.15) is 0 Å². The number of hydrogen-bond acceptors (Lipinski definition) is 2. The van der Waals surface area contributed by atoms with Crippen LogP contribution in [-0.2, 0) is 0 Å². The summed E-state index contributed by atoms with van der Waals surface area (Å²) in [6.45, 7) is 2.21. The van der Waals surface area contributed by atoms with Gasteiger partial charge in [-0.1, -0.05) is 19.1 Å². The van der Waals surface area contributed by atoms with Gasteiger partial charge < -0.3 is 10.4 Å². The predicted octanol–water partition coefficient (Wildman–Crippen LogP) is 1.72. The summed E-state index contributed by atoms with van der Waals surface area (Å²) < 4.78 is 13.2. The number of rotatable bonds is 5. The lowest BCUT2D eigenvalue weighted by atomic mass is 10.2. The first-order valence-corrected chi connectivity index (χ1v) is 5.36. The topological polar surface area (TPSA) is 49.3 Å². The molecule has 88 valence electrons. The van der Waals surface area contributed by atoms with E-state index in [4.69, 9.17) is 0 Å². The van der Waals surface area contributed by atoms with Crippen LogP contribution >= 0.6 is 0 Å². The first-order chi connectivity index (χ1) is 7.65.